The first-order chi connectivity index (χ1) is 13.0. The lowest BCUT2D eigenvalue weighted by Crippen LogP contribution is -2.47. The first-order valence-electron chi connectivity index (χ1n) is 10.7. The molecule has 4 rings (SSSR count). The van der Waals surface area contributed by atoms with Crippen LogP contribution in [0.15, 0.2) is 45.7 Å². The third-order valence-corrected chi connectivity index (χ3v) is 14.6. The van der Waals surface area contributed by atoms with Gasteiger partial charge in [0.2, 0.25) is 9.84 Å². The zero-order valence-electron chi connectivity index (χ0n) is 17.9. The summed E-state index contributed by atoms with van der Waals surface area (Å²) in [6, 6.07) is 8.98. The van der Waals surface area contributed by atoms with E-state index in [9.17, 15) is 8.42 Å². The van der Waals surface area contributed by atoms with Gasteiger partial charge in [-0.3, -0.25) is 0 Å². The van der Waals surface area contributed by atoms with Gasteiger partial charge in [-0.1, -0.05) is 39.0 Å². The van der Waals surface area contributed by atoms with Crippen LogP contribution in [0.1, 0.15) is 59.3 Å². The van der Waals surface area contributed by atoms with Crippen LogP contribution < -0.4 is 0 Å². The van der Waals surface area contributed by atoms with Crippen LogP contribution in [0.5, 0.6) is 0 Å². The van der Waals surface area contributed by atoms with E-state index >= 15 is 0 Å². The minimum absolute atomic E-state index is 0.0211. The normalized spacial score (nSPS) is 30.6. The zero-order chi connectivity index (χ0) is 20.4. The van der Waals surface area contributed by atoms with Crippen LogP contribution in [0.3, 0.4) is 0 Å². The van der Waals surface area contributed by atoms with Gasteiger partial charge < -0.3 is 4.43 Å². The van der Waals surface area contributed by atoms with Gasteiger partial charge in [-0.15, -0.1) is 0 Å². The maximum Gasteiger partial charge on any atom is 0.202 e. The maximum absolute atomic E-state index is 13.4. The van der Waals surface area contributed by atoms with Gasteiger partial charge in [-0.05, 0) is 80.3 Å². The van der Waals surface area contributed by atoms with Crippen molar-refractivity contribution in [3.8, 4) is 0 Å². The third-order valence-electron chi connectivity index (χ3n) is 8.11. The molecule has 0 N–H and O–H groups in total. The summed E-state index contributed by atoms with van der Waals surface area (Å²) in [4.78, 5) is 1.16. The Morgan fingerprint density at radius 3 is 2.36 bits per heavy atom. The topological polar surface area (TPSA) is 43.4 Å². The second-order valence-electron chi connectivity index (χ2n) is 10.4. The third kappa shape index (κ3) is 2.88. The number of sulfone groups is 1. The Bertz CT molecular complexity index is 896. The molecule has 0 unspecified atom stereocenters. The molecule has 3 aliphatic rings. The van der Waals surface area contributed by atoms with Crippen molar-refractivity contribution in [1.29, 1.82) is 0 Å². The Kier molecular flexibility index (Phi) is 4.76. The van der Waals surface area contributed by atoms with E-state index in [1.165, 1.54) is 12.0 Å². The molecule has 154 valence electrons. The highest BCUT2D eigenvalue weighted by atomic mass is 32.2. The number of benzene rings is 1. The zero-order valence-corrected chi connectivity index (χ0v) is 19.7. The molecule has 0 amide bonds. The van der Waals surface area contributed by atoms with Crippen LogP contribution in [0.25, 0.3) is 0 Å². The van der Waals surface area contributed by atoms with Crippen LogP contribution in [-0.2, 0) is 14.3 Å². The first-order valence-corrected chi connectivity index (χ1v) is 15.1. The summed E-state index contributed by atoms with van der Waals surface area (Å²) in [6.07, 6.45) is 6.15. The van der Waals surface area contributed by atoms with Gasteiger partial charge in [-0.25, -0.2) is 8.42 Å². The van der Waals surface area contributed by atoms with Crippen molar-refractivity contribution in [2.24, 2.45) is 11.3 Å². The summed E-state index contributed by atoms with van der Waals surface area (Å²) in [5.74, 6) is 0.598. The van der Waals surface area contributed by atoms with E-state index in [1.807, 2.05) is 18.2 Å². The monoisotopic (exact) mass is 418 g/mol. The molecule has 0 aliphatic heterocycles. The van der Waals surface area contributed by atoms with Crippen molar-refractivity contribution in [1.82, 2.24) is 0 Å². The van der Waals surface area contributed by atoms with Gasteiger partial charge in [-0.2, -0.15) is 0 Å². The fraction of sp³-hybridized carbons (Fsp3) is 0.652. The standard InChI is InChI=1S/C23H34O3SSi/c1-22(2,3)28(4,5)26-21-14-12-17-11-13-19-20(15-16-23(17,19)21)27(24,25)18-9-7-6-8-10-18/h6-10,17,21H,11-16H2,1-5H3/t17-,21-,23+/m1/s1. The molecule has 3 atom stereocenters. The van der Waals surface area contributed by atoms with Gasteiger partial charge >= 0.3 is 0 Å². The van der Waals surface area contributed by atoms with E-state index in [4.69, 9.17) is 4.43 Å². The molecular formula is C23H34O3SSi. The van der Waals surface area contributed by atoms with Gasteiger partial charge in [0, 0.05) is 10.3 Å². The van der Waals surface area contributed by atoms with Crippen molar-refractivity contribution in [3.05, 3.63) is 40.8 Å². The molecule has 0 aromatic heterocycles. The lowest BCUT2D eigenvalue weighted by atomic mass is 9.76. The Morgan fingerprint density at radius 1 is 1.04 bits per heavy atom. The van der Waals surface area contributed by atoms with E-state index in [0.717, 1.165) is 25.7 Å². The van der Waals surface area contributed by atoms with Crippen LogP contribution in [0.2, 0.25) is 18.1 Å². The molecule has 28 heavy (non-hydrogen) atoms. The van der Waals surface area contributed by atoms with E-state index < -0.39 is 18.2 Å². The van der Waals surface area contributed by atoms with Gasteiger partial charge in [0.15, 0.2) is 8.32 Å². The molecule has 1 aromatic carbocycles. The molecule has 0 heterocycles. The van der Waals surface area contributed by atoms with Crippen molar-refractivity contribution in [2.75, 3.05) is 0 Å². The molecule has 5 heteroatoms. The summed E-state index contributed by atoms with van der Waals surface area (Å²) < 4.78 is 33.8. The highest BCUT2D eigenvalue weighted by Crippen LogP contribution is 2.66. The SMILES string of the molecule is CC(C)(C)[Si](C)(C)O[C@@H]1CC[C@H]2CCC3=C(S(=O)(=O)c4ccccc4)CC[C@@]321. The van der Waals surface area contributed by atoms with Gasteiger partial charge in [0.05, 0.1) is 11.0 Å². The summed E-state index contributed by atoms with van der Waals surface area (Å²) >= 11 is 0. The molecule has 3 aliphatic carbocycles. The minimum Gasteiger partial charge on any atom is -0.413 e. The fourth-order valence-corrected chi connectivity index (χ4v) is 8.83. The lowest BCUT2D eigenvalue weighted by Gasteiger charge is -2.43. The van der Waals surface area contributed by atoms with E-state index in [2.05, 4.69) is 33.9 Å². The molecule has 0 bridgehead atoms. The largest absolute Gasteiger partial charge is 0.413 e. The second-order valence-corrected chi connectivity index (χ2v) is 17.2. The number of allylic oxidation sites excluding steroid dienone is 1. The smallest absolute Gasteiger partial charge is 0.202 e. The first kappa shape index (κ1) is 20.4. The van der Waals surface area contributed by atoms with Crippen molar-refractivity contribution < 1.29 is 12.8 Å². The molecule has 2 fully saturated rings. The molecule has 0 saturated heterocycles. The van der Waals surface area contributed by atoms with E-state index in [-0.39, 0.29) is 16.6 Å². The van der Waals surface area contributed by atoms with E-state index in [0.29, 0.717) is 22.1 Å². The maximum atomic E-state index is 13.4. The summed E-state index contributed by atoms with van der Waals surface area (Å²) in [7, 11) is -5.30. The Morgan fingerprint density at radius 2 is 1.71 bits per heavy atom. The quantitative estimate of drug-likeness (QED) is 0.556. The fourth-order valence-electron chi connectivity index (χ4n) is 5.65. The van der Waals surface area contributed by atoms with Crippen LogP contribution in [0.4, 0.5) is 0 Å². The number of hydrogen-bond donors (Lipinski definition) is 0. The predicted octanol–water partition coefficient (Wildman–Crippen LogP) is 6.09. The minimum atomic E-state index is -3.40. The molecular weight excluding hydrogens is 384 g/mol. The van der Waals surface area contributed by atoms with Crippen molar-refractivity contribution >= 4 is 18.2 Å². The predicted molar refractivity (Wildman–Crippen MR) is 116 cm³/mol. The summed E-state index contributed by atoms with van der Waals surface area (Å²) in [6.45, 7) is 11.5. The van der Waals surface area contributed by atoms with E-state index in [1.54, 1.807) is 12.1 Å². The highest BCUT2D eigenvalue weighted by Gasteiger charge is 2.61. The summed E-state index contributed by atoms with van der Waals surface area (Å²) in [5, 5.41) is 0.168. The molecule has 0 radical (unpaired) electrons. The Hall–Kier alpha value is -0.913. The molecule has 1 spiro atoms. The van der Waals surface area contributed by atoms with Gasteiger partial charge in [0.1, 0.15) is 0 Å². The van der Waals surface area contributed by atoms with Crippen LogP contribution >= 0.6 is 0 Å². The highest BCUT2D eigenvalue weighted by molar-refractivity contribution is 7.95. The Labute approximate surface area is 171 Å². The molecule has 1 aromatic rings. The van der Waals surface area contributed by atoms with Crippen molar-refractivity contribution in [2.45, 2.75) is 88.4 Å². The second kappa shape index (κ2) is 6.54. The number of rotatable bonds is 4. The van der Waals surface area contributed by atoms with Crippen molar-refractivity contribution in [3.63, 3.8) is 0 Å². The van der Waals surface area contributed by atoms with Gasteiger partial charge in [0.25, 0.3) is 0 Å². The molecule has 3 nitrogen and oxygen atoms in total. The van der Waals surface area contributed by atoms with Crippen LogP contribution in [0, 0.1) is 11.3 Å². The lowest BCUT2D eigenvalue weighted by molar-refractivity contribution is 0.0751. The Balaban J connectivity index is 1.75. The summed E-state index contributed by atoms with van der Waals surface area (Å²) in [5.41, 5.74) is 1.20. The molecule has 2 saturated carbocycles. The van der Waals surface area contributed by atoms with Crippen LogP contribution in [-0.4, -0.2) is 22.8 Å². The average molecular weight is 419 g/mol. The number of hydrogen-bond acceptors (Lipinski definition) is 3. The average Bonchev–Trinajstić information content (AvgIpc) is 3.25.